The SMILES string of the molecule is CC1=C2[C@H]3N(C(=O)N=C([O-])[C@]3(C)N)[C@H]3C[C@H](OP(=O)(O)OC[C@H]4O[C@H](C[C@@H]4O)N4C(=O)N2C14)[C@@H](CO)O3. The van der Waals surface area contributed by atoms with Crippen LogP contribution in [0, 0.1) is 0 Å². The van der Waals surface area contributed by atoms with E-state index in [2.05, 4.69) is 4.99 Å². The number of carbonyl (C=O) groups is 2. The number of amides is 4. The highest BCUT2D eigenvalue weighted by atomic mass is 31.2. The van der Waals surface area contributed by atoms with Crippen molar-refractivity contribution < 1.29 is 52.9 Å². The van der Waals surface area contributed by atoms with E-state index in [1.807, 2.05) is 0 Å². The zero-order chi connectivity index (χ0) is 26.6. The second kappa shape index (κ2) is 8.18. The predicted octanol–water partition coefficient (Wildman–Crippen LogP) is -2.28. The molecule has 7 rings (SSSR count). The Bertz CT molecular complexity index is 1160. The minimum atomic E-state index is -4.74. The molecule has 8 bridgehead atoms. The molecular weight excluding hydrogens is 517 g/mol. The number of ether oxygens (including phenoxy) is 2. The minimum Gasteiger partial charge on any atom is -0.860 e. The molecule has 0 aromatic rings. The summed E-state index contributed by atoms with van der Waals surface area (Å²) in [6, 6.07) is -2.63. The summed E-state index contributed by atoms with van der Waals surface area (Å²) in [5.41, 5.74) is 5.66. The van der Waals surface area contributed by atoms with Crippen LogP contribution in [-0.2, 0) is 23.1 Å². The molecule has 37 heavy (non-hydrogen) atoms. The summed E-state index contributed by atoms with van der Waals surface area (Å²) in [4.78, 5) is 44.1. The summed E-state index contributed by atoms with van der Waals surface area (Å²) in [5, 5.41) is 33.1. The summed E-state index contributed by atoms with van der Waals surface area (Å²) < 4.78 is 34.6. The van der Waals surface area contributed by atoms with E-state index in [4.69, 9.17) is 24.3 Å². The van der Waals surface area contributed by atoms with Crippen LogP contribution in [-0.4, -0.2) is 116 Å². The largest absolute Gasteiger partial charge is 0.860 e. The van der Waals surface area contributed by atoms with E-state index >= 15 is 0 Å². The van der Waals surface area contributed by atoms with Crippen molar-refractivity contribution in [3.63, 3.8) is 0 Å². The number of aliphatic hydroxyl groups is 2. The molecule has 4 saturated heterocycles. The van der Waals surface area contributed by atoms with Crippen LogP contribution in [0.3, 0.4) is 0 Å². The first-order valence-electron chi connectivity index (χ1n) is 11.8. The highest BCUT2D eigenvalue weighted by Gasteiger charge is 2.64. The lowest BCUT2D eigenvalue weighted by Gasteiger charge is -2.64. The van der Waals surface area contributed by atoms with Crippen LogP contribution < -0.4 is 10.8 Å². The molecule has 2 unspecified atom stereocenters. The molecule has 0 aromatic carbocycles. The molecule has 16 nitrogen and oxygen atoms in total. The molecule has 5 N–H and O–H groups in total. The minimum absolute atomic E-state index is 0.0362. The summed E-state index contributed by atoms with van der Waals surface area (Å²) in [6.07, 6.45) is -7.14. The number of aliphatic hydroxyl groups excluding tert-OH is 2. The molecule has 0 spiro atoms. The van der Waals surface area contributed by atoms with Crippen LogP contribution in [0.5, 0.6) is 0 Å². The fourth-order valence-corrected chi connectivity index (χ4v) is 6.92. The Morgan fingerprint density at radius 3 is 2.62 bits per heavy atom. The molecule has 0 aliphatic carbocycles. The fraction of sp³-hybridized carbons (Fsp3) is 0.750. The Labute approximate surface area is 210 Å². The van der Waals surface area contributed by atoms with E-state index < -0.39 is 93.6 Å². The monoisotopic (exact) mass is 544 g/mol. The number of urea groups is 2. The maximum atomic E-state index is 13.3. The van der Waals surface area contributed by atoms with Gasteiger partial charge in [-0.25, -0.2) is 19.1 Å². The van der Waals surface area contributed by atoms with E-state index in [-0.39, 0.29) is 12.8 Å². The Kier molecular flexibility index (Phi) is 5.56. The highest BCUT2D eigenvalue weighted by Crippen LogP contribution is 2.52. The maximum Gasteiger partial charge on any atom is 0.472 e. The third-order valence-corrected chi connectivity index (χ3v) is 8.84. The predicted molar refractivity (Wildman–Crippen MR) is 117 cm³/mol. The topological polar surface area (TPSA) is 220 Å². The van der Waals surface area contributed by atoms with Gasteiger partial charge in [0.25, 0.3) is 0 Å². The third kappa shape index (κ3) is 3.52. The molecule has 0 radical (unpaired) electrons. The number of nitrogens with two attached hydrogens (primary N) is 1. The van der Waals surface area contributed by atoms with Crippen molar-refractivity contribution in [2.24, 2.45) is 10.7 Å². The van der Waals surface area contributed by atoms with Gasteiger partial charge in [0.1, 0.15) is 36.9 Å². The Hall–Kier alpha value is -2.14. The van der Waals surface area contributed by atoms with Gasteiger partial charge < -0.3 is 35.4 Å². The molecule has 10 atom stereocenters. The lowest BCUT2D eigenvalue weighted by molar-refractivity contribution is -0.229. The molecule has 0 aromatic heterocycles. The van der Waals surface area contributed by atoms with E-state index in [0.29, 0.717) is 11.3 Å². The van der Waals surface area contributed by atoms with Gasteiger partial charge in [-0.15, -0.1) is 0 Å². The van der Waals surface area contributed by atoms with Gasteiger partial charge >= 0.3 is 19.9 Å². The van der Waals surface area contributed by atoms with E-state index in [0.717, 1.165) is 4.90 Å². The smallest absolute Gasteiger partial charge is 0.472 e. The maximum absolute atomic E-state index is 13.3. The van der Waals surface area contributed by atoms with E-state index in [1.54, 1.807) is 6.92 Å². The van der Waals surface area contributed by atoms with Crippen molar-refractivity contribution in [2.45, 2.75) is 81.3 Å². The van der Waals surface area contributed by atoms with Gasteiger partial charge in [-0.05, 0) is 25.3 Å². The molecular formula is C20H27N5O11P-. The van der Waals surface area contributed by atoms with Gasteiger partial charge in [-0.1, -0.05) is 0 Å². The summed E-state index contributed by atoms with van der Waals surface area (Å²) in [6.45, 7) is 2.00. The number of hydrogen-bond acceptors (Lipinski definition) is 11. The molecule has 7 heterocycles. The zero-order valence-electron chi connectivity index (χ0n) is 19.9. The van der Waals surface area contributed by atoms with Gasteiger partial charge in [0.05, 0.1) is 36.6 Å². The average molecular weight is 544 g/mol. The van der Waals surface area contributed by atoms with Gasteiger partial charge in [-0.2, -0.15) is 0 Å². The molecule has 4 amide bonds. The quantitative estimate of drug-likeness (QED) is 0.257. The number of fused-ring (bicyclic) bond motifs is 3. The highest BCUT2D eigenvalue weighted by molar-refractivity contribution is 7.47. The van der Waals surface area contributed by atoms with Crippen molar-refractivity contribution in [3.05, 3.63) is 11.3 Å². The van der Waals surface area contributed by atoms with E-state index in [1.165, 1.54) is 16.7 Å². The van der Waals surface area contributed by atoms with Crippen LogP contribution >= 0.6 is 7.82 Å². The van der Waals surface area contributed by atoms with Crippen LogP contribution in [0.2, 0.25) is 0 Å². The molecule has 7 aliphatic heterocycles. The summed E-state index contributed by atoms with van der Waals surface area (Å²) in [5.74, 6) is -0.885. The normalized spacial score (nSPS) is 47.5. The molecule has 17 heteroatoms. The van der Waals surface area contributed by atoms with Crippen molar-refractivity contribution in [3.8, 4) is 0 Å². The van der Waals surface area contributed by atoms with Crippen LogP contribution in [0.4, 0.5) is 9.59 Å². The third-order valence-electron chi connectivity index (χ3n) is 7.83. The second-order valence-electron chi connectivity index (χ2n) is 10.2. The van der Waals surface area contributed by atoms with Crippen molar-refractivity contribution in [1.29, 1.82) is 0 Å². The molecule has 204 valence electrons. The van der Waals surface area contributed by atoms with Gasteiger partial charge in [0.15, 0.2) is 0 Å². The van der Waals surface area contributed by atoms with Crippen LogP contribution in [0.15, 0.2) is 16.3 Å². The average Bonchev–Trinajstić information content (AvgIpc) is 3.37. The van der Waals surface area contributed by atoms with Crippen molar-refractivity contribution >= 4 is 25.8 Å². The van der Waals surface area contributed by atoms with Gasteiger partial charge in [0, 0.05) is 12.8 Å². The molecule has 4 fully saturated rings. The zero-order valence-corrected chi connectivity index (χ0v) is 20.8. The fourth-order valence-electron chi connectivity index (χ4n) is 5.96. The lowest BCUT2D eigenvalue weighted by atomic mass is 9.79. The number of carbonyl (C=O) groups excluding carboxylic acids is 2. The van der Waals surface area contributed by atoms with Crippen LogP contribution in [0.25, 0.3) is 0 Å². The molecule has 0 saturated carbocycles. The number of rotatable bonds is 1. The van der Waals surface area contributed by atoms with Gasteiger partial charge in [-0.3, -0.25) is 23.7 Å². The lowest BCUT2D eigenvalue weighted by Crippen LogP contribution is -2.81. The number of phosphoric ester groups is 1. The first-order valence-corrected chi connectivity index (χ1v) is 13.3. The van der Waals surface area contributed by atoms with E-state index in [9.17, 15) is 34.4 Å². The van der Waals surface area contributed by atoms with Gasteiger partial charge in [0.2, 0.25) is 0 Å². The van der Waals surface area contributed by atoms with Crippen molar-refractivity contribution in [1.82, 2.24) is 14.7 Å². The first kappa shape index (κ1) is 25.2. The standard InChI is InChI=1S/C20H28N5O11P/c1-7-14-15-20(2,21)17(28)22-18(29)23(15)13-4-9(10(5-26)34-13)36-37(31,32)33-6-11-8(27)3-12(35-11)24-16(7)25(14)19(24)30/h8-13,15-16,26-27H,3-6,21H2,1-2H3,(H,31,32)(H,22,28,29)/p-1/t8-,9-,10+,11+,12+,13+,15+,16?,20+/m0/s1. The molecule has 7 aliphatic rings. The van der Waals surface area contributed by atoms with Crippen molar-refractivity contribution in [2.75, 3.05) is 13.2 Å². The Morgan fingerprint density at radius 2 is 1.92 bits per heavy atom. The summed E-state index contributed by atoms with van der Waals surface area (Å²) >= 11 is 0. The summed E-state index contributed by atoms with van der Waals surface area (Å²) in [7, 11) is -4.74. The Balaban J connectivity index is 1.45. The number of aliphatic imine (C=N–C) groups is 1. The van der Waals surface area contributed by atoms with Crippen LogP contribution in [0.1, 0.15) is 26.7 Å². The Morgan fingerprint density at radius 1 is 1.22 bits per heavy atom. The second-order valence-corrected chi connectivity index (χ2v) is 11.6. The first-order chi connectivity index (χ1) is 17.4. The number of phosphoric acid groups is 1. The number of nitrogens with zero attached hydrogens (tertiary/aromatic N) is 4. The number of hydrogen-bond donors (Lipinski definition) is 4.